The first-order chi connectivity index (χ1) is 5.24. The molecule has 0 aliphatic heterocycles. The maximum absolute atomic E-state index is 5.57. The van der Waals surface area contributed by atoms with E-state index in [0.29, 0.717) is 6.10 Å². The summed E-state index contributed by atoms with van der Waals surface area (Å²) in [5.41, 5.74) is 0. The van der Waals surface area contributed by atoms with Crippen molar-refractivity contribution in [2.75, 3.05) is 6.61 Å². The molecule has 0 N–H and O–H groups in total. The summed E-state index contributed by atoms with van der Waals surface area (Å²) >= 11 is 0. The van der Waals surface area contributed by atoms with Crippen LogP contribution >= 0.6 is 0 Å². The highest BCUT2D eigenvalue weighted by Crippen LogP contribution is 2.06. The molecule has 11 heavy (non-hydrogen) atoms. The van der Waals surface area contributed by atoms with Crippen molar-refractivity contribution in [1.29, 1.82) is 0 Å². The van der Waals surface area contributed by atoms with E-state index in [2.05, 4.69) is 20.8 Å². The maximum atomic E-state index is 5.57. The fraction of sp³-hybridized carbons (Fsp3) is 1.00. The molecule has 2 nitrogen and oxygen atoms in total. The van der Waals surface area contributed by atoms with Crippen molar-refractivity contribution in [2.45, 2.75) is 52.9 Å². The van der Waals surface area contributed by atoms with Crippen LogP contribution in [0.25, 0.3) is 0 Å². The molecule has 0 saturated heterocycles. The monoisotopic (exact) mass is 160 g/mol. The zero-order chi connectivity index (χ0) is 8.69. The SMILES string of the molecule is CCOC(CC)OC(C)CC. The van der Waals surface area contributed by atoms with E-state index >= 15 is 0 Å². The van der Waals surface area contributed by atoms with Crippen molar-refractivity contribution in [3.63, 3.8) is 0 Å². The van der Waals surface area contributed by atoms with Crippen LogP contribution < -0.4 is 0 Å². The average Bonchev–Trinajstić information content (AvgIpc) is 2.03. The Morgan fingerprint density at radius 1 is 1.09 bits per heavy atom. The van der Waals surface area contributed by atoms with E-state index in [1.54, 1.807) is 0 Å². The normalized spacial score (nSPS) is 16.4. The molecule has 0 aliphatic rings. The zero-order valence-corrected chi connectivity index (χ0v) is 8.09. The highest BCUT2D eigenvalue weighted by Gasteiger charge is 2.08. The topological polar surface area (TPSA) is 18.5 Å². The van der Waals surface area contributed by atoms with Gasteiger partial charge in [0.2, 0.25) is 0 Å². The standard InChI is InChI=1S/C9H20O2/c1-5-8(4)11-9(6-2)10-7-3/h8-9H,5-7H2,1-4H3. The third-order valence-corrected chi connectivity index (χ3v) is 1.64. The second-order valence-electron chi connectivity index (χ2n) is 2.65. The molecule has 0 fully saturated rings. The van der Waals surface area contributed by atoms with Crippen LogP contribution in [0.3, 0.4) is 0 Å². The van der Waals surface area contributed by atoms with Crippen molar-refractivity contribution < 1.29 is 9.47 Å². The van der Waals surface area contributed by atoms with Crippen molar-refractivity contribution >= 4 is 0 Å². The molecule has 0 bridgehead atoms. The summed E-state index contributed by atoms with van der Waals surface area (Å²) in [5, 5.41) is 0. The molecule has 0 spiro atoms. The first-order valence-electron chi connectivity index (χ1n) is 4.51. The van der Waals surface area contributed by atoms with Crippen molar-refractivity contribution in [3.05, 3.63) is 0 Å². The van der Waals surface area contributed by atoms with E-state index < -0.39 is 0 Å². The maximum Gasteiger partial charge on any atom is 0.157 e. The molecule has 0 aromatic carbocycles. The molecule has 0 aromatic heterocycles. The van der Waals surface area contributed by atoms with Crippen molar-refractivity contribution in [2.24, 2.45) is 0 Å². The van der Waals surface area contributed by atoms with Gasteiger partial charge in [0.15, 0.2) is 6.29 Å². The molecule has 0 aliphatic carbocycles. The second-order valence-corrected chi connectivity index (χ2v) is 2.65. The highest BCUT2D eigenvalue weighted by molar-refractivity contribution is 4.47. The summed E-state index contributed by atoms with van der Waals surface area (Å²) in [6, 6.07) is 0. The second kappa shape index (κ2) is 6.62. The molecule has 2 heteroatoms. The van der Waals surface area contributed by atoms with Crippen LogP contribution in [0, 0.1) is 0 Å². The summed E-state index contributed by atoms with van der Waals surface area (Å²) in [6.07, 6.45) is 2.28. The zero-order valence-electron chi connectivity index (χ0n) is 8.09. The number of hydrogen-bond donors (Lipinski definition) is 0. The van der Waals surface area contributed by atoms with Gasteiger partial charge in [0.1, 0.15) is 0 Å². The van der Waals surface area contributed by atoms with E-state index in [-0.39, 0.29) is 6.29 Å². The third-order valence-electron chi connectivity index (χ3n) is 1.64. The Hall–Kier alpha value is -0.0800. The van der Waals surface area contributed by atoms with E-state index in [1.165, 1.54) is 0 Å². The minimum absolute atomic E-state index is 0.00468. The van der Waals surface area contributed by atoms with Crippen molar-refractivity contribution in [1.82, 2.24) is 0 Å². The Balaban J connectivity index is 3.49. The van der Waals surface area contributed by atoms with Crippen LogP contribution in [-0.4, -0.2) is 19.0 Å². The number of ether oxygens (including phenoxy) is 2. The van der Waals surface area contributed by atoms with Crippen LogP contribution in [0.5, 0.6) is 0 Å². The summed E-state index contributed by atoms with van der Waals surface area (Å²) < 4.78 is 10.9. The van der Waals surface area contributed by atoms with Crippen LogP contribution in [-0.2, 0) is 9.47 Å². The first-order valence-corrected chi connectivity index (χ1v) is 4.51. The van der Waals surface area contributed by atoms with Crippen molar-refractivity contribution in [3.8, 4) is 0 Å². The van der Waals surface area contributed by atoms with Gasteiger partial charge >= 0.3 is 0 Å². The van der Waals surface area contributed by atoms with Crippen LogP contribution in [0.15, 0.2) is 0 Å². The van der Waals surface area contributed by atoms with Gasteiger partial charge in [-0.3, -0.25) is 0 Å². The molecule has 68 valence electrons. The lowest BCUT2D eigenvalue weighted by Crippen LogP contribution is -2.21. The summed E-state index contributed by atoms with van der Waals surface area (Å²) in [6.45, 7) is 8.98. The lowest BCUT2D eigenvalue weighted by atomic mass is 10.3. The fourth-order valence-electron chi connectivity index (χ4n) is 0.795. The molecule has 2 atom stereocenters. The average molecular weight is 160 g/mol. The van der Waals surface area contributed by atoms with Gasteiger partial charge in [0, 0.05) is 6.61 Å². The molecule has 0 aromatic rings. The van der Waals surface area contributed by atoms with Crippen LogP contribution in [0.4, 0.5) is 0 Å². The van der Waals surface area contributed by atoms with Gasteiger partial charge < -0.3 is 9.47 Å². The Bertz CT molecular complexity index is 83.6. The van der Waals surface area contributed by atoms with E-state index in [1.807, 2.05) is 6.92 Å². The molecule has 2 unspecified atom stereocenters. The minimum atomic E-state index is -0.00468. The third kappa shape index (κ3) is 5.22. The molecule has 0 saturated carbocycles. The summed E-state index contributed by atoms with van der Waals surface area (Å²) in [7, 11) is 0. The van der Waals surface area contributed by atoms with Gasteiger partial charge in [-0.1, -0.05) is 13.8 Å². The lowest BCUT2D eigenvalue weighted by molar-refractivity contribution is -0.165. The number of hydrogen-bond acceptors (Lipinski definition) is 2. The molecular weight excluding hydrogens is 140 g/mol. The van der Waals surface area contributed by atoms with Gasteiger partial charge in [-0.25, -0.2) is 0 Å². The Morgan fingerprint density at radius 3 is 2.09 bits per heavy atom. The molecule has 0 rings (SSSR count). The Kier molecular flexibility index (Phi) is 6.57. The molecule has 0 amide bonds. The van der Waals surface area contributed by atoms with Gasteiger partial charge in [0.25, 0.3) is 0 Å². The minimum Gasteiger partial charge on any atom is -0.353 e. The fourth-order valence-corrected chi connectivity index (χ4v) is 0.795. The predicted octanol–water partition coefficient (Wildman–Crippen LogP) is 2.57. The van der Waals surface area contributed by atoms with Gasteiger partial charge in [-0.15, -0.1) is 0 Å². The Morgan fingerprint density at radius 2 is 1.73 bits per heavy atom. The molecule has 0 heterocycles. The summed E-state index contributed by atoms with van der Waals surface area (Å²) in [4.78, 5) is 0. The van der Waals surface area contributed by atoms with Gasteiger partial charge in [-0.2, -0.15) is 0 Å². The summed E-state index contributed by atoms with van der Waals surface area (Å²) in [5.74, 6) is 0. The Labute approximate surface area is 69.9 Å². The largest absolute Gasteiger partial charge is 0.353 e. The predicted molar refractivity (Wildman–Crippen MR) is 46.5 cm³/mol. The highest BCUT2D eigenvalue weighted by atomic mass is 16.7. The smallest absolute Gasteiger partial charge is 0.157 e. The van der Waals surface area contributed by atoms with Crippen LogP contribution in [0.2, 0.25) is 0 Å². The lowest BCUT2D eigenvalue weighted by Gasteiger charge is -2.19. The molecule has 0 radical (unpaired) electrons. The molecular formula is C9H20O2. The van der Waals surface area contributed by atoms with Crippen LogP contribution in [0.1, 0.15) is 40.5 Å². The first kappa shape index (κ1) is 10.9. The van der Waals surface area contributed by atoms with Gasteiger partial charge in [0.05, 0.1) is 6.10 Å². The quantitative estimate of drug-likeness (QED) is 0.556. The van der Waals surface area contributed by atoms with Gasteiger partial charge in [-0.05, 0) is 26.7 Å². The van der Waals surface area contributed by atoms with E-state index in [4.69, 9.17) is 9.47 Å². The van der Waals surface area contributed by atoms with E-state index in [0.717, 1.165) is 19.4 Å². The number of rotatable bonds is 6. The van der Waals surface area contributed by atoms with E-state index in [9.17, 15) is 0 Å².